The fourth-order valence-electron chi connectivity index (χ4n) is 5.34. The molecule has 0 bridgehead atoms. The molecule has 2 fully saturated rings. The maximum absolute atomic E-state index is 13.0. The molecule has 0 aliphatic carbocycles. The highest BCUT2D eigenvalue weighted by Crippen LogP contribution is 2.48. The van der Waals surface area contributed by atoms with E-state index in [0.29, 0.717) is 15.9 Å². The van der Waals surface area contributed by atoms with Crippen LogP contribution in [0.5, 0.6) is 0 Å². The summed E-state index contributed by atoms with van der Waals surface area (Å²) in [5.74, 6) is 0.180. The van der Waals surface area contributed by atoms with Crippen molar-refractivity contribution in [1.82, 2.24) is 4.90 Å². The third kappa shape index (κ3) is 4.86. The number of hydrogen-bond donors (Lipinski definition) is 1. The number of amides is 1. The number of carbonyl (C=O) groups excluding carboxylic acids is 1. The van der Waals surface area contributed by atoms with Gasteiger partial charge in [-0.1, -0.05) is 56.6 Å². The summed E-state index contributed by atoms with van der Waals surface area (Å²) in [5.41, 5.74) is 7.41. The summed E-state index contributed by atoms with van der Waals surface area (Å²) in [6.07, 6.45) is 5.84. The van der Waals surface area contributed by atoms with Crippen LogP contribution in [0.15, 0.2) is 24.3 Å². The van der Waals surface area contributed by atoms with Gasteiger partial charge in [-0.3, -0.25) is 0 Å². The van der Waals surface area contributed by atoms with Crippen LogP contribution in [0.4, 0.5) is 10.5 Å². The molecule has 2 N–H and O–H groups in total. The first-order valence-electron chi connectivity index (χ1n) is 11.1. The minimum atomic E-state index is -0.504. The number of nitrogen functional groups attached to an aromatic ring is 1. The Morgan fingerprint density at radius 3 is 2.59 bits per heavy atom. The molecule has 158 valence electrons. The fraction of sp³-hybridized carbons (Fsp3) is 0.696. The number of nitrogens with zero attached hydrogens (tertiary/aromatic N) is 1. The number of benzene rings is 1. The van der Waals surface area contributed by atoms with Crippen molar-refractivity contribution >= 4 is 37.6 Å². The van der Waals surface area contributed by atoms with Crippen molar-refractivity contribution in [2.45, 2.75) is 99.8 Å². The number of hydrogen-bond acceptors (Lipinski definition) is 3. The Balaban J connectivity index is 1.75. The Labute approximate surface area is 187 Å². The first kappa shape index (κ1) is 22.7. The molecule has 2 aliphatic rings. The molecule has 0 spiro atoms. The molecule has 2 heterocycles. The summed E-state index contributed by atoms with van der Waals surface area (Å²) < 4.78 is 6.65. The van der Waals surface area contributed by atoms with Gasteiger partial charge in [0.2, 0.25) is 16.3 Å². The van der Waals surface area contributed by atoms with Crippen molar-refractivity contribution in [3.05, 3.63) is 29.8 Å². The van der Waals surface area contributed by atoms with Crippen LogP contribution in [0.3, 0.4) is 0 Å². The molecule has 2 radical (unpaired) electrons. The highest BCUT2D eigenvalue weighted by atomic mass is 28.2. The van der Waals surface area contributed by atoms with E-state index in [2.05, 4.69) is 51.3 Å². The number of rotatable bonds is 7. The minimum Gasteiger partial charge on any atom is -0.443 e. The summed E-state index contributed by atoms with van der Waals surface area (Å²) >= 11 is 1.12. The summed E-state index contributed by atoms with van der Waals surface area (Å²) in [5, 5.41) is 0.452. The largest absolute Gasteiger partial charge is 0.443 e. The lowest BCUT2D eigenvalue weighted by atomic mass is 9.77. The van der Waals surface area contributed by atoms with Crippen LogP contribution in [0.25, 0.3) is 0 Å². The lowest BCUT2D eigenvalue weighted by Crippen LogP contribution is -2.57. The maximum atomic E-state index is 13.0. The molecule has 6 heteroatoms. The zero-order valence-corrected chi connectivity index (χ0v) is 22.0. The summed E-state index contributed by atoms with van der Waals surface area (Å²) in [6.45, 7) is 11.2. The van der Waals surface area contributed by atoms with Crippen LogP contribution in [0, 0.1) is 0 Å². The van der Waals surface area contributed by atoms with E-state index < -0.39 is 5.60 Å². The van der Waals surface area contributed by atoms with E-state index in [1.165, 1.54) is 24.8 Å². The van der Waals surface area contributed by atoms with Crippen molar-refractivity contribution in [3.63, 3.8) is 0 Å². The summed E-state index contributed by atoms with van der Waals surface area (Å²) in [6, 6.07) is 8.72. The molecule has 0 aromatic heterocycles. The van der Waals surface area contributed by atoms with Gasteiger partial charge in [-0.05, 0) is 49.4 Å². The van der Waals surface area contributed by atoms with Gasteiger partial charge in [0, 0.05) is 33.2 Å². The van der Waals surface area contributed by atoms with Crippen molar-refractivity contribution in [2.24, 2.45) is 0 Å². The van der Waals surface area contributed by atoms with Crippen molar-refractivity contribution < 1.29 is 9.53 Å². The Morgan fingerprint density at radius 1 is 1.31 bits per heavy atom. The van der Waals surface area contributed by atoms with Crippen LogP contribution in [0.1, 0.15) is 71.3 Å². The van der Waals surface area contributed by atoms with Crippen molar-refractivity contribution in [1.29, 1.82) is 0 Å². The smallest absolute Gasteiger partial charge is 0.410 e. The van der Waals surface area contributed by atoms with Crippen LogP contribution in [0.2, 0.25) is 16.4 Å². The molecule has 1 aromatic carbocycles. The molecular formula is C23H37AlN2O2Si. The van der Waals surface area contributed by atoms with E-state index in [1.54, 1.807) is 0 Å². The third-order valence-electron chi connectivity index (χ3n) is 7.26. The predicted octanol–water partition coefficient (Wildman–Crippen LogP) is 4.66. The molecule has 4 atom stereocenters. The lowest BCUT2D eigenvalue weighted by Gasteiger charge is -2.48. The van der Waals surface area contributed by atoms with E-state index in [-0.39, 0.29) is 18.1 Å². The fourth-order valence-corrected chi connectivity index (χ4v) is 6.83. The third-order valence-corrected chi connectivity index (χ3v) is 10.2. The Hall–Kier alpha value is -0.961. The molecule has 1 unspecified atom stereocenters. The standard InChI is InChI=1S/C23H35N2O2Si.Al.2H/c1-22(2,28-5)15-7-6-8-18-13-14-19-20(16-9-11-17(24)12-10-16)23(3,4)27-21(26)25(18)19;;;/h8-12,18-20H,6-7,13-15,24H2,1-5H3;;;/t18-,19+,20?;;;/m0.../s1. The normalized spacial score (nSPS) is 27.4. The van der Waals surface area contributed by atoms with Gasteiger partial charge in [0.05, 0.1) is 0 Å². The van der Waals surface area contributed by atoms with Gasteiger partial charge in [-0.15, -0.1) is 0 Å². The molecular weight excluding hydrogens is 391 g/mol. The monoisotopic (exact) mass is 428 g/mol. The van der Waals surface area contributed by atoms with E-state index >= 15 is 0 Å². The molecule has 0 saturated carbocycles. The average molecular weight is 429 g/mol. The van der Waals surface area contributed by atoms with Crippen LogP contribution in [-0.4, -0.2) is 54.5 Å². The topological polar surface area (TPSA) is 55.6 Å². The Bertz CT molecular complexity index is 722. The molecule has 2 aliphatic heterocycles. The van der Waals surface area contributed by atoms with Gasteiger partial charge in [0.25, 0.3) is 0 Å². The highest BCUT2D eigenvalue weighted by molar-refractivity contribution is 6.37. The average Bonchev–Trinajstić information content (AvgIpc) is 3.07. The quantitative estimate of drug-likeness (QED) is 0.508. The zero-order chi connectivity index (χ0) is 21.4. The molecule has 1 amide bonds. The second-order valence-corrected chi connectivity index (χ2v) is 13.6. The SMILES string of the molecule is C[Si]C(C)(C)CCC[C@H]([AlH2])[C@H]1CC[C@@H]2C(c3ccc(N)cc3)C(C)(C)OC(=O)N21. The van der Waals surface area contributed by atoms with Gasteiger partial charge in [0.15, 0.2) is 0 Å². The van der Waals surface area contributed by atoms with Crippen LogP contribution >= 0.6 is 0 Å². The minimum absolute atomic E-state index is 0.106. The van der Waals surface area contributed by atoms with Gasteiger partial charge in [-0.25, -0.2) is 4.79 Å². The molecule has 2 saturated heterocycles. The number of carbonyl (C=O) groups is 1. The number of anilines is 1. The second-order valence-electron chi connectivity index (χ2n) is 10.2. The first-order chi connectivity index (χ1) is 13.6. The highest BCUT2D eigenvalue weighted by Gasteiger charge is 2.54. The van der Waals surface area contributed by atoms with E-state index in [9.17, 15) is 4.79 Å². The Kier molecular flexibility index (Phi) is 6.78. The van der Waals surface area contributed by atoms with Crippen molar-refractivity contribution in [2.75, 3.05) is 5.73 Å². The van der Waals surface area contributed by atoms with Gasteiger partial charge < -0.3 is 15.4 Å². The molecule has 3 rings (SSSR count). The molecule has 29 heavy (non-hydrogen) atoms. The Morgan fingerprint density at radius 2 is 1.97 bits per heavy atom. The van der Waals surface area contributed by atoms with E-state index in [4.69, 9.17) is 10.5 Å². The van der Waals surface area contributed by atoms with Gasteiger partial charge in [-0.2, -0.15) is 0 Å². The summed E-state index contributed by atoms with van der Waals surface area (Å²) in [7, 11) is 0.982. The maximum Gasteiger partial charge on any atom is 0.410 e. The van der Waals surface area contributed by atoms with Gasteiger partial charge in [0.1, 0.15) is 5.60 Å². The van der Waals surface area contributed by atoms with E-state index in [0.717, 1.165) is 44.3 Å². The number of fused-ring (bicyclic) bond motifs is 1. The second kappa shape index (κ2) is 8.65. The number of ether oxygens (including phenoxy) is 1. The van der Waals surface area contributed by atoms with Gasteiger partial charge >= 0.3 is 6.09 Å². The molecule has 4 nitrogen and oxygen atoms in total. The predicted molar refractivity (Wildman–Crippen MR) is 125 cm³/mol. The number of nitrogens with two attached hydrogens (primary N) is 1. The lowest BCUT2D eigenvalue weighted by molar-refractivity contribution is -0.0645. The van der Waals surface area contributed by atoms with Crippen LogP contribution in [-0.2, 0) is 4.74 Å². The number of cyclic esters (lactones) is 1. The zero-order valence-electron chi connectivity index (χ0n) is 19.0. The summed E-state index contributed by atoms with van der Waals surface area (Å²) in [4.78, 5) is 15.1. The van der Waals surface area contributed by atoms with Crippen molar-refractivity contribution in [3.8, 4) is 0 Å². The molecule has 1 aromatic rings. The van der Waals surface area contributed by atoms with E-state index in [1.807, 2.05) is 12.1 Å². The van der Waals surface area contributed by atoms with Crippen LogP contribution < -0.4 is 5.73 Å². The first-order valence-corrected chi connectivity index (χ1v) is 13.8.